The molecule has 1 atom stereocenters. The number of hydrogen-bond acceptors (Lipinski definition) is 4. The molecule has 5 nitrogen and oxygen atoms in total. The maximum atomic E-state index is 12.6. The van der Waals surface area contributed by atoms with E-state index in [1.54, 1.807) is 6.92 Å². The summed E-state index contributed by atoms with van der Waals surface area (Å²) in [6.45, 7) is 5.93. The topological polar surface area (TPSA) is 87.2 Å². The van der Waals surface area contributed by atoms with E-state index < -0.39 is 10.0 Å². The molecule has 6 heteroatoms. The van der Waals surface area contributed by atoms with E-state index in [0.717, 1.165) is 0 Å². The molecule has 0 bridgehead atoms. The Labute approximate surface area is 114 Å². The largest absolute Gasteiger partial charge is 0.399 e. The molecule has 0 radical (unpaired) electrons. The minimum Gasteiger partial charge on any atom is -0.399 e. The van der Waals surface area contributed by atoms with Crippen molar-refractivity contribution >= 4 is 15.7 Å². The van der Waals surface area contributed by atoms with E-state index in [1.165, 1.54) is 22.5 Å². The molecule has 1 aromatic rings. The van der Waals surface area contributed by atoms with E-state index >= 15 is 0 Å². The van der Waals surface area contributed by atoms with Crippen LogP contribution in [0.1, 0.15) is 32.8 Å². The normalized spacial score (nSPS) is 13.2. The average Bonchev–Trinajstić information content (AvgIpc) is 2.38. The third kappa shape index (κ3) is 3.06. The Morgan fingerprint density at radius 1 is 1.42 bits per heavy atom. The molecule has 2 N–H and O–H groups in total. The minimum absolute atomic E-state index is 0.0198. The van der Waals surface area contributed by atoms with Crippen LogP contribution >= 0.6 is 0 Å². The van der Waals surface area contributed by atoms with Crippen molar-refractivity contribution in [1.29, 1.82) is 5.26 Å². The minimum atomic E-state index is -3.67. The fourth-order valence-electron chi connectivity index (χ4n) is 1.91. The van der Waals surface area contributed by atoms with Crippen molar-refractivity contribution in [2.24, 2.45) is 0 Å². The fraction of sp³-hybridized carbons (Fsp3) is 0.462. The van der Waals surface area contributed by atoms with Crippen molar-refractivity contribution in [1.82, 2.24) is 4.31 Å². The molecule has 0 fully saturated rings. The smallest absolute Gasteiger partial charge is 0.244 e. The summed E-state index contributed by atoms with van der Waals surface area (Å²) in [7, 11) is -3.67. The summed E-state index contributed by atoms with van der Waals surface area (Å²) >= 11 is 0. The van der Waals surface area contributed by atoms with E-state index in [0.29, 0.717) is 18.7 Å². The Hall–Kier alpha value is -1.58. The molecule has 0 aliphatic carbocycles. The fourth-order valence-corrected chi connectivity index (χ4v) is 3.75. The van der Waals surface area contributed by atoms with Crippen LogP contribution in [0.15, 0.2) is 23.1 Å². The van der Waals surface area contributed by atoms with Gasteiger partial charge in [-0.25, -0.2) is 8.42 Å². The van der Waals surface area contributed by atoms with Crippen LogP contribution in [0.4, 0.5) is 5.69 Å². The van der Waals surface area contributed by atoms with Crippen molar-refractivity contribution in [3.05, 3.63) is 23.8 Å². The summed E-state index contributed by atoms with van der Waals surface area (Å²) in [5.74, 6) is 0. The Balaban J connectivity index is 3.39. The van der Waals surface area contributed by atoms with Gasteiger partial charge < -0.3 is 5.73 Å². The summed E-state index contributed by atoms with van der Waals surface area (Å²) in [5, 5.41) is 9.07. The van der Waals surface area contributed by atoms with Gasteiger partial charge in [0.1, 0.15) is 11.0 Å². The van der Waals surface area contributed by atoms with Gasteiger partial charge in [-0.15, -0.1) is 0 Å². The molecule has 0 aliphatic heterocycles. The Kier molecular flexibility index (Phi) is 4.92. The van der Waals surface area contributed by atoms with Crippen LogP contribution in [0.2, 0.25) is 0 Å². The molecule has 0 heterocycles. The molecule has 104 valence electrons. The molecule has 1 rings (SSSR count). The van der Waals surface area contributed by atoms with Crippen LogP contribution in [-0.4, -0.2) is 25.3 Å². The first-order valence-corrected chi connectivity index (χ1v) is 7.63. The SMILES string of the molecule is CCC(C)N(CC)S(=O)(=O)c1ccc(N)cc1C#N. The lowest BCUT2D eigenvalue weighted by molar-refractivity contribution is 0.342. The highest BCUT2D eigenvalue weighted by atomic mass is 32.2. The number of sulfonamides is 1. The van der Waals surface area contributed by atoms with Crippen LogP contribution < -0.4 is 5.73 Å². The Bertz CT molecular complexity index is 590. The first-order valence-electron chi connectivity index (χ1n) is 6.19. The summed E-state index contributed by atoms with van der Waals surface area (Å²) < 4.78 is 26.6. The third-order valence-corrected chi connectivity index (χ3v) is 5.25. The number of nitriles is 1. The highest BCUT2D eigenvalue weighted by molar-refractivity contribution is 7.89. The zero-order valence-corrected chi connectivity index (χ0v) is 12.2. The van der Waals surface area contributed by atoms with Crippen LogP contribution in [0.5, 0.6) is 0 Å². The molecule has 0 saturated heterocycles. The number of benzene rings is 1. The zero-order chi connectivity index (χ0) is 14.6. The molecular formula is C13H19N3O2S. The van der Waals surface area contributed by atoms with Gasteiger partial charge in [0.15, 0.2) is 0 Å². The summed E-state index contributed by atoms with van der Waals surface area (Å²) in [6, 6.07) is 6.06. The van der Waals surface area contributed by atoms with Crippen molar-refractivity contribution in [3.8, 4) is 6.07 Å². The van der Waals surface area contributed by atoms with Crippen LogP contribution in [0.3, 0.4) is 0 Å². The second kappa shape index (κ2) is 6.04. The van der Waals surface area contributed by atoms with Gasteiger partial charge in [-0.1, -0.05) is 13.8 Å². The highest BCUT2D eigenvalue weighted by Gasteiger charge is 2.29. The third-order valence-electron chi connectivity index (χ3n) is 3.10. The average molecular weight is 281 g/mol. The van der Waals surface area contributed by atoms with Crippen LogP contribution in [-0.2, 0) is 10.0 Å². The highest BCUT2D eigenvalue weighted by Crippen LogP contribution is 2.24. The van der Waals surface area contributed by atoms with Crippen LogP contribution in [0.25, 0.3) is 0 Å². The predicted octanol–water partition coefficient (Wildman–Crippen LogP) is 1.95. The van der Waals surface area contributed by atoms with Gasteiger partial charge in [0.25, 0.3) is 0 Å². The van der Waals surface area contributed by atoms with Gasteiger partial charge in [-0.3, -0.25) is 0 Å². The van der Waals surface area contributed by atoms with Crippen LogP contribution in [0, 0.1) is 11.3 Å². The van der Waals surface area contributed by atoms with Crippen molar-refractivity contribution in [2.75, 3.05) is 12.3 Å². The van der Waals surface area contributed by atoms with Crippen molar-refractivity contribution in [3.63, 3.8) is 0 Å². The van der Waals surface area contributed by atoms with E-state index in [9.17, 15) is 8.42 Å². The second-order valence-electron chi connectivity index (χ2n) is 4.33. The second-order valence-corrected chi connectivity index (χ2v) is 6.19. The number of rotatable bonds is 5. The zero-order valence-electron chi connectivity index (χ0n) is 11.4. The van der Waals surface area contributed by atoms with Gasteiger partial charge in [-0.2, -0.15) is 9.57 Å². The predicted molar refractivity (Wildman–Crippen MR) is 74.9 cm³/mol. The lowest BCUT2D eigenvalue weighted by Gasteiger charge is -2.26. The van der Waals surface area contributed by atoms with Gasteiger partial charge in [0, 0.05) is 18.3 Å². The molecule has 1 aromatic carbocycles. The lowest BCUT2D eigenvalue weighted by Crippen LogP contribution is -2.38. The molecule has 0 aromatic heterocycles. The molecule has 0 aliphatic rings. The van der Waals surface area contributed by atoms with Gasteiger partial charge in [0.05, 0.1) is 5.56 Å². The molecule has 19 heavy (non-hydrogen) atoms. The first-order chi connectivity index (χ1) is 8.88. The van der Waals surface area contributed by atoms with Gasteiger partial charge in [-0.05, 0) is 31.5 Å². The van der Waals surface area contributed by atoms with Crippen molar-refractivity contribution < 1.29 is 8.42 Å². The maximum Gasteiger partial charge on any atom is 0.244 e. The Morgan fingerprint density at radius 3 is 2.53 bits per heavy atom. The van der Waals surface area contributed by atoms with E-state index in [4.69, 9.17) is 11.0 Å². The van der Waals surface area contributed by atoms with Gasteiger partial charge in [0.2, 0.25) is 10.0 Å². The monoisotopic (exact) mass is 281 g/mol. The number of nitrogens with two attached hydrogens (primary N) is 1. The standard InChI is InChI=1S/C13H19N3O2S/c1-4-10(3)16(5-2)19(17,18)13-7-6-12(15)8-11(13)9-14/h6-8,10H,4-5,15H2,1-3H3. The van der Waals surface area contributed by atoms with Crippen molar-refractivity contribution in [2.45, 2.75) is 38.1 Å². The van der Waals surface area contributed by atoms with Gasteiger partial charge >= 0.3 is 0 Å². The number of hydrogen-bond donors (Lipinski definition) is 1. The lowest BCUT2D eigenvalue weighted by atomic mass is 10.2. The Morgan fingerprint density at radius 2 is 2.05 bits per heavy atom. The summed E-state index contributed by atoms with van der Waals surface area (Å²) in [5.41, 5.74) is 6.04. The quantitative estimate of drug-likeness (QED) is 0.836. The number of anilines is 1. The van der Waals surface area contributed by atoms with E-state index in [-0.39, 0.29) is 16.5 Å². The molecule has 0 amide bonds. The van der Waals surface area contributed by atoms with E-state index in [1.807, 2.05) is 19.9 Å². The molecule has 0 spiro atoms. The summed E-state index contributed by atoms with van der Waals surface area (Å²) in [6.07, 6.45) is 0.712. The first kappa shape index (κ1) is 15.5. The maximum absolute atomic E-state index is 12.6. The van der Waals surface area contributed by atoms with E-state index in [2.05, 4.69) is 0 Å². The molecular weight excluding hydrogens is 262 g/mol. The molecule has 0 saturated carbocycles. The summed E-state index contributed by atoms with van der Waals surface area (Å²) in [4.78, 5) is 0.0198. The molecule has 1 unspecified atom stereocenters. The number of nitrogens with zero attached hydrogens (tertiary/aromatic N) is 2. The number of nitrogen functional groups attached to an aromatic ring is 1.